The average Bonchev–Trinajstić information content (AvgIpc) is 3.32. The van der Waals surface area contributed by atoms with Crippen molar-refractivity contribution in [3.63, 3.8) is 0 Å². The summed E-state index contributed by atoms with van der Waals surface area (Å²) in [6, 6.07) is 23.2. The number of hydrogen-bond donors (Lipinski definition) is 1. The topological polar surface area (TPSA) is 91.0 Å². The molecule has 3 aromatic carbocycles. The van der Waals surface area contributed by atoms with Crippen molar-refractivity contribution in [1.82, 2.24) is 24.6 Å². The summed E-state index contributed by atoms with van der Waals surface area (Å²) in [6.07, 6.45) is 3.10. The Balaban J connectivity index is 1.18. The molecule has 8 nitrogen and oxygen atoms in total. The van der Waals surface area contributed by atoms with Crippen LogP contribution in [0.4, 0.5) is 0 Å². The number of hydrogen-bond acceptors (Lipinski definition) is 5. The van der Waals surface area contributed by atoms with Gasteiger partial charge in [0.25, 0.3) is 5.56 Å². The number of aromatic nitrogens is 4. The lowest BCUT2D eigenvalue weighted by Gasteiger charge is -2.27. The number of rotatable bonds is 6. The van der Waals surface area contributed by atoms with Gasteiger partial charge in [-0.3, -0.25) is 14.2 Å². The van der Waals surface area contributed by atoms with Crippen LogP contribution in [-0.4, -0.2) is 31.8 Å². The van der Waals surface area contributed by atoms with E-state index in [1.54, 1.807) is 21.8 Å². The molecule has 8 heteroatoms. The van der Waals surface area contributed by atoms with Crippen LogP contribution in [0.1, 0.15) is 28.2 Å². The van der Waals surface area contributed by atoms with Crippen LogP contribution in [0, 0.1) is 6.92 Å². The van der Waals surface area contributed by atoms with Crippen LogP contribution >= 0.6 is 0 Å². The summed E-state index contributed by atoms with van der Waals surface area (Å²) in [6.45, 7) is 3.19. The SMILES string of the molecule is Cc1cccc(Cn2cnc3c(cnn3CCNC(=O)C3c4ccccc4Oc4ccccc43)c2=O)c1. The van der Waals surface area contributed by atoms with Crippen LogP contribution < -0.4 is 15.6 Å². The van der Waals surface area contributed by atoms with Crippen molar-refractivity contribution < 1.29 is 9.53 Å². The smallest absolute Gasteiger partial charge is 0.264 e. The van der Waals surface area contributed by atoms with Gasteiger partial charge in [-0.05, 0) is 24.6 Å². The molecule has 0 atom stereocenters. The zero-order valence-electron chi connectivity index (χ0n) is 20.3. The van der Waals surface area contributed by atoms with Gasteiger partial charge < -0.3 is 10.1 Å². The van der Waals surface area contributed by atoms with Crippen LogP contribution in [-0.2, 0) is 17.9 Å². The third-order valence-electron chi connectivity index (χ3n) is 6.62. The van der Waals surface area contributed by atoms with Crippen molar-refractivity contribution in [1.29, 1.82) is 0 Å². The van der Waals surface area contributed by atoms with Crippen LogP contribution in [0.3, 0.4) is 0 Å². The van der Waals surface area contributed by atoms with Gasteiger partial charge in [-0.2, -0.15) is 5.10 Å². The first-order valence-electron chi connectivity index (χ1n) is 12.2. The van der Waals surface area contributed by atoms with E-state index in [0.29, 0.717) is 42.2 Å². The van der Waals surface area contributed by atoms with Crippen molar-refractivity contribution in [3.8, 4) is 11.5 Å². The Bertz CT molecular complexity index is 1640. The summed E-state index contributed by atoms with van der Waals surface area (Å²) in [5, 5.41) is 7.86. The maximum absolute atomic E-state index is 13.3. The molecule has 5 aromatic rings. The van der Waals surface area contributed by atoms with Crippen LogP contribution in [0.25, 0.3) is 11.0 Å². The van der Waals surface area contributed by atoms with E-state index in [0.717, 1.165) is 22.3 Å². The Morgan fingerprint density at radius 2 is 1.73 bits per heavy atom. The van der Waals surface area contributed by atoms with E-state index in [9.17, 15) is 9.59 Å². The number of benzene rings is 3. The maximum Gasteiger partial charge on any atom is 0.264 e. The second-order valence-electron chi connectivity index (χ2n) is 9.17. The number of aryl methyl sites for hydroxylation is 1. The minimum Gasteiger partial charge on any atom is -0.457 e. The summed E-state index contributed by atoms with van der Waals surface area (Å²) >= 11 is 0. The van der Waals surface area contributed by atoms with E-state index < -0.39 is 5.92 Å². The molecule has 0 bridgehead atoms. The van der Waals surface area contributed by atoms with Crippen molar-refractivity contribution in [2.75, 3.05) is 6.54 Å². The van der Waals surface area contributed by atoms with E-state index in [4.69, 9.17) is 4.74 Å². The lowest BCUT2D eigenvalue weighted by Crippen LogP contribution is -2.34. The number of para-hydroxylation sites is 2. The standard InChI is InChI=1S/C29H25N5O3/c1-19-7-6-8-20(15-19)17-33-18-31-27-23(29(33)36)16-32-34(27)14-13-30-28(35)26-21-9-2-4-11-24(21)37-25-12-5-3-10-22(25)26/h2-12,15-16,18,26H,13-14,17H2,1H3,(H,30,35). The van der Waals surface area contributed by atoms with Gasteiger partial charge in [-0.25, -0.2) is 9.67 Å². The molecule has 0 aliphatic carbocycles. The van der Waals surface area contributed by atoms with Crippen molar-refractivity contribution in [2.45, 2.75) is 25.9 Å². The molecule has 6 rings (SSSR count). The van der Waals surface area contributed by atoms with Gasteiger partial charge in [0, 0.05) is 17.7 Å². The van der Waals surface area contributed by atoms with Gasteiger partial charge in [-0.1, -0.05) is 66.2 Å². The molecule has 0 fully saturated rings. The van der Waals surface area contributed by atoms with Gasteiger partial charge in [-0.15, -0.1) is 0 Å². The fourth-order valence-corrected chi connectivity index (χ4v) is 4.86. The number of nitrogens with zero attached hydrogens (tertiary/aromatic N) is 4. The fraction of sp³-hybridized carbons (Fsp3) is 0.172. The number of nitrogens with one attached hydrogen (secondary N) is 1. The minimum atomic E-state index is -0.470. The summed E-state index contributed by atoms with van der Waals surface area (Å²) in [5.41, 5.74) is 4.20. The molecule has 0 unspecified atom stereocenters. The second-order valence-corrected chi connectivity index (χ2v) is 9.17. The number of amides is 1. The minimum absolute atomic E-state index is 0.117. The van der Waals surface area contributed by atoms with E-state index in [2.05, 4.69) is 21.5 Å². The van der Waals surface area contributed by atoms with Crippen molar-refractivity contribution >= 4 is 16.9 Å². The summed E-state index contributed by atoms with van der Waals surface area (Å²) in [5.74, 6) is 0.784. The molecular formula is C29H25N5O3. The van der Waals surface area contributed by atoms with E-state index in [1.807, 2.05) is 73.7 Å². The van der Waals surface area contributed by atoms with E-state index in [1.165, 1.54) is 0 Å². The number of carbonyl (C=O) groups is 1. The Morgan fingerprint density at radius 1 is 1.00 bits per heavy atom. The third kappa shape index (κ3) is 4.27. The molecule has 1 N–H and O–H groups in total. The average molecular weight is 492 g/mol. The Kier molecular flexibility index (Phi) is 5.76. The van der Waals surface area contributed by atoms with Crippen LogP contribution in [0.2, 0.25) is 0 Å². The predicted octanol–water partition coefficient (Wildman–Crippen LogP) is 4.00. The fourth-order valence-electron chi connectivity index (χ4n) is 4.86. The molecule has 184 valence electrons. The van der Waals surface area contributed by atoms with Crippen LogP contribution in [0.5, 0.6) is 11.5 Å². The Hall–Kier alpha value is -4.72. The first kappa shape index (κ1) is 22.7. The first-order chi connectivity index (χ1) is 18.1. The van der Waals surface area contributed by atoms with Gasteiger partial charge in [0.1, 0.15) is 23.2 Å². The van der Waals surface area contributed by atoms with E-state index in [-0.39, 0.29) is 11.5 Å². The molecule has 3 heterocycles. The quantitative estimate of drug-likeness (QED) is 0.388. The largest absolute Gasteiger partial charge is 0.457 e. The highest BCUT2D eigenvalue weighted by Crippen LogP contribution is 2.43. The van der Waals surface area contributed by atoms with Crippen molar-refractivity contribution in [3.05, 3.63) is 118 Å². The molecule has 0 radical (unpaired) electrons. The Morgan fingerprint density at radius 3 is 2.46 bits per heavy atom. The number of fused-ring (bicyclic) bond motifs is 3. The third-order valence-corrected chi connectivity index (χ3v) is 6.62. The van der Waals surface area contributed by atoms with Gasteiger partial charge >= 0.3 is 0 Å². The summed E-state index contributed by atoms with van der Waals surface area (Å²) < 4.78 is 9.24. The lowest BCUT2D eigenvalue weighted by atomic mass is 9.87. The molecule has 1 aliphatic rings. The van der Waals surface area contributed by atoms with Gasteiger partial charge in [0.05, 0.1) is 25.2 Å². The molecule has 1 amide bonds. The molecular weight excluding hydrogens is 466 g/mol. The summed E-state index contributed by atoms with van der Waals surface area (Å²) in [7, 11) is 0. The second kappa shape index (κ2) is 9.39. The highest BCUT2D eigenvalue weighted by molar-refractivity contribution is 5.89. The highest BCUT2D eigenvalue weighted by atomic mass is 16.5. The summed E-state index contributed by atoms with van der Waals surface area (Å²) in [4.78, 5) is 30.9. The molecule has 2 aromatic heterocycles. The van der Waals surface area contributed by atoms with Crippen LogP contribution in [0.15, 0.2) is 90.1 Å². The molecule has 0 saturated carbocycles. The highest BCUT2D eigenvalue weighted by Gasteiger charge is 2.32. The van der Waals surface area contributed by atoms with Gasteiger partial charge in [0.2, 0.25) is 5.91 Å². The van der Waals surface area contributed by atoms with Gasteiger partial charge in [0.15, 0.2) is 5.65 Å². The number of ether oxygens (including phenoxy) is 1. The predicted molar refractivity (Wildman–Crippen MR) is 140 cm³/mol. The molecule has 1 aliphatic heterocycles. The monoisotopic (exact) mass is 491 g/mol. The van der Waals surface area contributed by atoms with E-state index >= 15 is 0 Å². The molecule has 0 spiro atoms. The lowest BCUT2D eigenvalue weighted by molar-refractivity contribution is -0.121. The first-order valence-corrected chi connectivity index (χ1v) is 12.2. The maximum atomic E-state index is 13.3. The molecule has 0 saturated heterocycles. The zero-order valence-corrected chi connectivity index (χ0v) is 20.3. The Labute approximate surface area is 213 Å². The normalized spacial score (nSPS) is 12.6. The zero-order chi connectivity index (χ0) is 25.4. The van der Waals surface area contributed by atoms with Crippen molar-refractivity contribution in [2.24, 2.45) is 0 Å². The number of carbonyl (C=O) groups excluding carboxylic acids is 1. The molecule has 37 heavy (non-hydrogen) atoms.